The lowest BCUT2D eigenvalue weighted by Crippen LogP contribution is -2.17. The lowest BCUT2D eigenvalue weighted by Gasteiger charge is -2.10. The molecule has 0 spiro atoms. The van der Waals surface area contributed by atoms with E-state index in [-0.39, 0.29) is 27.5 Å². The van der Waals surface area contributed by atoms with Gasteiger partial charge in [-0.25, -0.2) is 4.79 Å². The van der Waals surface area contributed by atoms with Crippen LogP contribution in [0.5, 0.6) is 0 Å². The van der Waals surface area contributed by atoms with E-state index in [9.17, 15) is 32.9 Å². The quantitative estimate of drug-likeness (QED) is 0.191. The number of benzene rings is 2. The Morgan fingerprint density at radius 2 is 1.66 bits per heavy atom. The maximum atomic E-state index is 14.1. The van der Waals surface area contributed by atoms with Crippen molar-refractivity contribution in [1.29, 1.82) is 0 Å². The van der Waals surface area contributed by atoms with Gasteiger partial charge in [-0.1, -0.05) is 42.5 Å². The highest BCUT2D eigenvalue weighted by Gasteiger charge is 2.43. The van der Waals surface area contributed by atoms with E-state index >= 15 is 0 Å². The van der Waals surface area contributed by atoms with Crippen LogP contribution in [0.15, 0.2) is 60.8 Å². The van der Waals surface area contributed by atoms with E-state index in [1.807, 2.05) is 0 Å². The molecule has 10 heteroatoms. The number of nitro benzene ring substituents is 1. The van der Waals surface area contributed by atoms with Crippen molar-refractivity contribution in [2.24, 2.45) is 0 Å². The fourth-order valence-electron chi connectivity index (χ4n) is 3.78. The Balaban J connectivity index is 2.27. The number of rotatable bonds is 4. The fourth-order valence-corrected chi connectivity index (χ4v) is 3.78. The van der Waals surface area contributed by atoms with Gasteiger partial charge in [-0.3, -0.25) is 14.9 Å². The number of non-ortho nitro benzene ring substituents is 1. The highest BCUT2D eigenvalue weighted by atomic mass is 19.4. The number of nitro groups is 1. The summed E-state index contributed by atoms with van der Waals surface area (Å²) in [5.74, 6) is -2.20. The van der Waals surface area contributed by atoms with Crippen molar-refractivity contribution >= 4 is 33.7 Å². The minimum atomic E-state index is -5.03. The number of carbonyl (C=O) groups is 2. The van der Waals surface area contributed by atoms with Crippen LogP contribution in [0.3, 0.4) is 0 Å². The molecule has 4 rings (SSSR count). The fraction of sp³-hybridized carbons (Fsp3) is 0.0909. The van der Waals surface area contributed by atoms with E-state index in [1.165, 1.54) is 42.5 Å². The number of aromatic nitrogens is 1. The number of alkyl halides is 3. The lowest BCUT2D eigenvalue weighted by molar-refractivity contribution is -0.383. The second-order valence-electron chi connectivity index (χ2n) is 6.81. The minimum absolute atomic E-state index is 0.0154. The highest BCUT2D eigenvalue weighted by Crippen LogP contribution is 2.41. The van der Waals surface area contributed by atoms with E-state index in [4.69, 9.17) is 0 Å². The summed E-state index contributed by atoms with van der Waals surface area (Å²) in [4.78, 5) is 36.7. The van der Waals surface area contributed by atoms with Crippen molar-refractivity contribution in [1.82, 2.24) is 4.40 Å². The summed E-state index contributed by atoms with van der Waals surface area (Å²) in [6.07, 6.45) is -4.07. The molecule has 32 heavy (non-hydrogen) atoms. The third kappa shape index (κ3) is 3.16. The SMILES string of the molecule is COC(=O)c1c(C(=O)c2ccccc2)c2c3cccc([N+](=O)[O-])c3ccn2c1C(F)(F)F. The Morgan fingerprint density at radius 3 is 2.25 bits per heavy atom. The number of esters is 1. The Bertz CT molecular complexity index is 1410. The molecule has 0 bridgehead atoms. The van der Waals surface area contributed by atoms with Crippen LogP contribution in [0.25, 0.3) is 16.3 Å². The third-order valence-corrected chi connectivity index (χ3v) is 5.05. The summed E-state index contributed by atoms with van der Waals surface area (Å²) in [5.41, 5.74) is -3.46. The van der Waals surface area contributed by atoms with Crippen LogP contribution >= 0.6 is 0 Å². The molecule has 0 fully saturated rings. The van der Waals surface area contributed by atoms with E-state index in [2.05, 4.69) is 4.74 Å². The van der Waals surface area contributed by atoms with Gasteiger partial charge in [0.2, 0.25) is 0 Å². The van der Waals surface area contributed by atoms with Crippen LogP contribution in [0, 0.1) is 10.1 Å². The first-order valence-electron chi connectivity index (χ1n) is 9.16. The maximum absolute atomic E-state index is 14.1. The summed E-state index contributed by atoms with van der Waals surface area (Å²) in [6.45, 7) is 0. The van der Waals surface area contributed by atoms with Crippen molar-refractivity contribution in [2.75, 3.05) is 7.11 Å². The van der Waals surface area contributed by atoms with Crippen molar-refractivity contribution in [2.45, 2.75) is 6.18 Å². The molecule has 0 aliphatic carbocycles. The van der Waals surface area contributed by atoms with Crippen molar-refractivity contribution in [3.63, 3.8) is 0 Å². The number of ketones is 1. The number of methoxy groups -OCH3 is 1. The molecule has 2 aromatic carbocycles. The van der Waals surface area contributed by atoms with Crippen molar-refractivity contribution in [3.05, 3.63) is 93.3 Å². The first kappa shape index (κ1) is 21.0. The summed E-state index contributed by atoms with van der Waals surface area (Å²) in [6, 6.07) is 12.5. The maximum Gasteiger partial charge on any atom is 0.432 e. The molecule has 2 heterocycles. The van der Waals surface area contributed by atoms with Gasteiger partial charge in [0.1, 0.15) is 11.3 Å². The van der Waals surface area contributed by atoms with Gasteiger partial charge in [-0.05, 0) is 6.07 Å². The number of nitrogens with zero attached hydrogens (tertiary/aromatic N) is 2. The summed E-state index contributed by atoms with van der Waals surface area (Å²) in [7, 11) is 0.907. The topological polar surface area (TPSA) is 90.9 Å². The molecule has 0 aliphatic heterocycles. The zero-order chi connectivity index (χ0) is 23.2. The molecular formula is C22H13F3N2O5. The molecule has 0 N–H and O–H groups in total. The molecule has 7 nitrogen and oxygen atoms in total. The van der Waals surface area contributed by atoms with Gasteiger partial charge in [0.05, 0.1) is 28.5 Å². The van der Waals surface area contributed by atoms with E-state index in [0.29, 0.717) is 4.40 Å². The molecule has 0 aliphatic rings. The monoisotopic (exact) mass is 442 g/mol. The Labute approximate surface area is 177 Å². The molecule has 162 valence electrons. The summed E-state index contributed by atoms with van der Waals surface area (Å²) < 4.78 is 47.6. The van der Waals surface area contributed by atoms with Gasteiger partial charge >= 0.3 is 12.1 Å². The number of carbonyl (C=O) groups excluding carboxylic acids is 2. The lowest BCUT2D eigenvalue weighted by atomic mass is 9.97. The highest BCUT2D eigenvalue weighted by molar-refractivity contribution is 6.23. The normalized spacial score (nSPS) is 11.6. The van der Waals surface area contributed by atoms with E-state index in [1.54, 1.807) is 6.07 Å². The van der Waals surface area contributed by atoms with Gasteiger partial charge in [-0.15, -0.1) is 0 Å². The standard InChI is InChI=1S/C22H13F3N2O5/c1-32-21(29)17-16(19(28)12-6-3-2-4-7-12)18-14-8-5-9-15(27(30)31)13(14)10-11-26(18)20(17)22(23,24)25/h2-11H,1H3. The average molecular weight is 442 g/mol. The molecular weight excluding hydrogens is 429 g/mol. The zero-order valence-corrected chi connectivity index (χ0v) is 16.3. The predicted octanol–water partition coefficient (Wildman–Crippen LogP) is 5.04. The van der Waals surface area contributed by atoms with Crippen LogP contribution in [-0.2, 0) is 10.9 Å². The number of halogens is 3. The van der Waals surface area contributed by atoms with E-state index in [0.717, 1.165) is 19.4 Å². The third-order valence-electron chi connectivity index (χ3n) is 5.05. The molecule has 0 saturated carbocycles. The van der Waals surface area contributed by atoms with Gasteiger partial charge in [-0.2, -0.15) is 13.2 Å². The second-order valence-corrected chi connectivity index (χ2v) is 6.81. The van der Waals surface area contributed by atoms with Crippen LogP contribution in [-0.4, -0.2) is 28.2 Å². The molecule has 0 unspecified atom stereocenters. The number of hydrogen-bond donors (Lipinski definition) is 0. The van der Waals surface area contributed by atoms with Gasteiger partial charge in [0.25, 0.3) is 5.69 Å². The number of pyridine rings is 1. The Morgan fingerprint density at radius 1 is 0.969 bits per heavy atom. The second kappa shape index (κ2) is 7.49. The molecule has 0 amide bonds. The Hall–Kier alpha value is -4.21. The molecule has 0 saturated heterocycles. The number of fused-ring (bicyclic) bond motifs is 3. The number of ether oxygens (including phenoxy) is 1. The number of hydrogen-bond acceptors (Lipinski definition) is 5. The summed E-state index contributed by atoms with van der Waals surface area (Å²) >= 11 is 0. The average Bonchev–Trinajstić information content (AvgIpc) is 3.14. The van der Waals surface area contributed by atoms with Gasteiger partial charge in [0.15, 0.2) is 5.78 Å². The smallest absolute Gasteiger partial charge is 0.432 e. The van der Waals surface area contributed by atoms with Crippen LogP contribution < -0.4 is 0 Å². The Kier molecular flexibility index (Phi) is 4.92. The first-order chi connectivity index (χ1) is 15.2. The van der Waals surface area contributed by atoms with Crippen LogP contribution in [0.4, 0.5) is 18.9 Å². The predicted molar refractivity (Wildman–Crippen MR) is 108 cm³/mol. The molecule has 2 aromatic heterocycles. The van der Waals surface area contributed by atoms with Gasteiger partial charge in [0, 0.05) is 23.2 Å². The van der Waals surface area contributed by atoms with Crippen molar-refractivity contribution in [3.8, 4) is 0 Å². The molecule has 0 atom stereocenters. The van der Waals surface area contributed by atoms with Crippen molar-refractivity contribution < 1.29 is 32.4 Å². The largest absolute Gasteiger partial charge is 0.465 e. The minimum Gasteiger partial charge on any atom is -0.465 e. The van der Waals surface area contributed by atoms with Gasteiger partial charge < -0.3 is 9.14 Å². The van der Waals surface area contributed by atoms with Crippen LogP contribution in [0.2, 0.25) is 0 Å². The first-order valence-corrected chi connectivity index (χ1v) is 9.16. The van der Waals surface area contributed by atoms with Crippen LogP contribution in [0.1, 0.15) is 32.0 Å². The molecule has 4 aromatic rings. The zero-order valence-electron chi connectivity index (χ0n) is 16.3. The molecule has 0 radical (unpaired) electrons. The summed E-state index contributed by atoms with van der Waals surface area (Å²) in [5, 5.41) is 11.5. The van der Waals surface area contributed by atoms with E-state index < -0.39 is 39.7 Å².